The van der Waals surface area contributed by atoms with Crippen molar-refractivity contribution in [3.8, 4) is 0 Å². The van der Waals surface area contributed by atoms with Gasteiger partial charge in [0.05, 0.1) is 31.2 Å². The molecule has 3 N–H and O–H groups in total. The Labute approximate surface area is 162 Å². The molecule has 0 unspecified atom stereocenters. The third kappa shape index (κ3) is 5.25. The molecular formula is C18H20ClN7O. The summed E-state index contributed by atoms with van der Waals surface area (Å²) in [7, 11) is 1.74. The first-order chi connectivity index (χ1) is 13.2. The van der Waals surface area contributed by atoms with Crippen LogP contribution in [0.25, 0.3) is 0 Å². The fraction of sp³-hybridized carbons (Fsp3) is 0.222. The van der Waals surface area contributed by atoms with Gasteiger partial charge >= 0.3 is 0 Å². The second-order valence-corrected chi connectivity index (χ2v) is 6.12. The molecule has 3 rings (SSSR count). The Balaban J connectivity index is 1.68. The van der Waals surface area contributed by atoms with Crippen molar-refractivity contribution >= 4 is 35.3 Å². The van der Waals surface area contributed by atoms with E-state index in [4.69, 9.17) is 16.7 Å². The lowest BCUT2D eigenvalue weighted by molar-refractivity contribution is 0.269. The van der Waals surface area contributed by atoms with E-state index in [-0.39, 0.29) is 6.61 Å². The second-order valence-electron chi connectivity index (χ2n) is 5.72. The van der Waals surface area contributed by atoms with Crippen LogP contribution in [0.15, 0.2) is 47.8 Å². The number of rotatable bonds is 8. The van der Waals surface area contributed by atoms with Crippen LogP contribution in [0.4, 0.5) is 17.5 Å². The molecule has 0 saturated carbocycles. The molecule has 0 radical (unpaired) electrons. The minimum Gasteiger partial charge on any atom is -0.394 e. The lowest BCUT2D eigenvalue weighted by Crippen LogP contribution is -2.05. The van der Waals surface area contributed by atoms with E-state index in [1.165, 1.54) is 6.20 Å². The van der Waals surface area contributed by atoms with E-state index < -0.39 is 0 Å². The number of aromatic nitrogens is 4. The average Bonchev–Trinajstić information content (AvgIpc) is 3.10. The fourth-order valence-corrected chi connectivity index (χ4v) is 2.61. The highest BCUT2D eigenvalue weighted by Crippen LogP contribution is 2.22. The summed E-state index contributed by atoms with van der Waals surface area (Å²) in [4.78, 5) is 12.6. The first-order valence-corrected chi connectivity index (χ1v) is 8.73. The van der Waals surface area contributed by atoms with Crippen LogP contribution in [0.5, 0.6) is 0 Å². The summed E-state index contributed by atoms with van der Waals surface area (Å²) in [6.07, 6.45) is 6.75. The van der Waals surface area contributed by atoms with Gasteiger partial charge in [0.25, 0.3) is 0 Å². The highest BCUT2D eigenvalue weighted by atomic mass is 35.5. The molecule has 3 aromatic rings. The van der Waals surface area contributed by atoms with Crippen LogP contribution in [0.3, 0.4) is 0 Å². The first-order valence-electron chi connectivity index (χ1n) is 8.36. The Morgan fingerprint density at radius 1 is 1.33 bits per heavy atom. The second kappa shape index (κ2) is 9.11. The topological polar surface area (TPSA) is 100 Å². The Hall–Kier alpha value is -2.97. The van der Waals surface area contributed by atoms with Crippen molar-refractivity contribution in [1.29, 1.82) is 0 Å². The lowest BCUT2D eigenvalue weighted by Gasteiger charge is -2.10. The van der Waals surface area contributed by atoms with Crippen molar-refractivity contribution in [2.75, 3.05) is 24.3 Å². The number of nitrogens with one attached hydrogen (secondary N) is 2. The Bertz CT molecular complexity index is 926. The number of nitrogens with zero attached hydrogens (tertiary/aromatic N) is 5. The van der Waals surface area contributed by atoms with Gasteiger partial charge in [0.2, 0.25) is 5.95 Å². The number of aliphatic hydroxyl groups is 1. The van der Waals surface area contributed by atoms with Crippen LogP contribution in [0.2, 0.25) is 5.02 Å². The molecule has 2 heterocycles. The minimum atomic E-state index is 0.0257. The summed E-state index contributed by atoms with van der Waals surface area (Å²) in [6, 6.07) is 8.04. The van der Waals surface area contributed by atoms with Crippen LogP contribution >= 0.6 is 11.6 Å². The number of benzene rings is 1. The quantitative estimate of drug-likeness (QED) is 0.515. The fourth-order valence-electron chi connectivity index (χ4n) is 2.45. The van der Waals surface area contributed by atoms with E-state index in [9.17, 15) is 0 Å². The van der Waals surface area contributed by atoms with Gasteiger partial charge in [-0.3, -0.25) is 9.67 Å². The largest absolute Gasteiger partial charge is 0.394 e. The molecule has 0 aliphatic carbocycles. The van der Waals surface area contributed by atoms with Crippen molar-refractivity contribution in [3.63, 3.8) is 0 Å². The SMILES string of the molecule is CN=Cc1cccc(CNc2nc(Nc3cnn(CCO)c3)ncc2Cl)c1. The zero-order valence-corrected chi connectivity index (χ0v) is 15.6. The molecule has 0 saturated heterocycles. The predicted octanol–water partition coefficient (Wildman–Crippen LogP) is 2.72. The molecule has 0 aliphatic heterocycles. The van der Waals surface area contributed by atoms with Crippen LogP contribution in [-0.2, 0) is 13.1 Å². The molecule has 0 spiro atoms. The highest BCUT2D eigenvalue weighted by Gasteiger charge is 2.07. The molecule has 0 amide bonds. The highest BCUT2D eigenvalue weighted by molar-refractivity contribution is 6.32. The molecule has 0 atom stereocenters. The maximum atomic E-state index is 8.95. The van der Waals surface area contributed by atoms with Gasteiger partial charge in [0.15, 0.2) is 5.82 Å². The summed E-state index contributed by atoms with van der Waals surface area (Å²) < 4.78 is 1.63. The lowest BCUT2D eigenvalue weighted by atomic mass is 10.1. The summed E-state index contributed by atoms with van der Waals surface area (Å²) in [5.74, 6) is 0.934. The van der Waals surface area contributed by atoms with Crippen molar-refractivity contribution < 1.29 is 5.11 Å². The van der Waals surface area contributed by atoms with E-state index in [2.05, 4.69) is 30.7 Å². The monoisotopic (exact) mass is 385 g/mol. The molecule has 9 heteroatoms. The molecule has 0 bridgehead atoms. The van der Waals surface area contributed by atoms with Crippen molar-refractivity contribution in [3.05, 3.63) is 59.0 Å². The minimum absolute atomic E-state index is 0.0257. The van der Waals surface area contributed by atoms with E-state index in [0.29, 0.717) is 29.9 Å². The zero-order chi connectivity index (χ0) is 19.1. The smallest absolute Gasteiger partial charge is 0.229 e. The van der Waals surface area contributed by atoms with Gasteiger partial charge in [0, 0.05) is 26.0 Å². The van der Waals surface area contributed by atoms with Gasteiger partial charge in [-0.2, -0.15) is 10.1 Å². The van der Waals surface area contributed by atoms with Crippen LogP contribution in [0.1, 0.15) is 11.1 Å². The average molecular weight is 386 g/mol. The molecule has 1 aromatic carbocycles. The normalized spacial score (nSPS) is 11.1. The number of aliphatic imine (C=N–C) groups is 1. The van der Waals surface area contributed by atoms with Gasteiger partial charge in [-0.05, 0) is 17.2 Å². The molecule has 0 fully saturated rings. The molecule has 140 valence electrons. The molecule has 2 aromatic heterocycles. The number of halogens is 1. The van der Waals surface area contributed by atoms with Crippen LogP contribution in [0, 0.1) is 0 Å². The van der Waals surface area contributed by atoms with E-state index in [0.717, 1.165) is 16.8 Å². The van der Waals surface area contributed by atoms with Crippen molar-refractivity contribution in [2.24, 2.45) is 4.99 Å². The molecule has 8 nitrogen and oxygen atoms in total. The predicted molar refractivity (Wildman–Crippen MR) is 107 cm³/mol. The standard InChI is InChI=1S/C18H20ClN7O/c1-20-8-13-3-2-4-14(7-13)9-21-17-16(19)11-22-18(25-17)24-15-10-23-26(12-15)5-6-27/h2-4,7-8,10-12,27H,5-6,9H2,1H3,(H2,21,22,24,25). The van der Waals surface area contributed by atoms with Gasteiger partial charge in [-0.15, -0.1) is 0 Å². The Kier molecular flexibility index (Phi) is 6.35. The molecule has 0 aliphatic rings. The van der Waals surface area contributed by atoms with Gasteiger partial charge in [0.1, 0.15) is 5.02 Å². The van der Waals surface area contributed by atoms with Crippen LogP contribution in [-0.4, -0.2) is 44.7 Å². The third-order valence-corrected chi connectivity index (χ3v) is 3.93. The maximum absolute atomic E-state index is 8.95. The van der Waals surface area contributed by atoms with Gasteiger partial charge < -0.3 is 15.7 Å². The summed E-state index contributed by atoms with van der Waals surface area (Å²) in [5, 5.41) is 19.8. The van der Waals surface area contributed by atoms with E-state index in [1.54, 1.807) is 30.3 Å². The summed E-state index contributed by atoms with van der Waals surface area (Å²) >= 11 is 6.21. The summed E-state index contributed by atoms with van der Waals surface area (Å²) in [5.41, 5.74) is 2.85. The van der Waals surface area contributed by atoms with E-state index in [1.807, 2.05) is 24.3 Å². The number of aliphatic hydroxyl groups excluding tert-OH is 1. The number of anilines is 3. The summed E-state index contributed by atoms with van der Waals surface area (Å²) in [6.45, 7) is 1.02. The Morgan fingerprint density at radius 2 is 2.22 bits per heavy atom. The number of hydrogen-bond acceptors (Lipinski definition) is 7. The molecular weight excluding hydrogens is 366 g/mol. The number of hydrogen-bond donors (Lipinski definition) is 3. The van der Waals surface area contributed by atoms with Crippen LogP contribution < -0.4 is 10.6 Å². The van der Waals surface area contributed by atoms with Gasteiger partial charge in [-0.25, -0.2) is 4.98 Å². The van der Waals surface area contributed by atoms with Crippen molar-refractivity contribution in [1.82, 2.24) is 19.7 Å². The van der Waals surface area contributed by atoms with Crippen molar-refractivity contribution in [2.45, 2.75) is 13.1 Å². The zero-order valence-electron chi connectivity index (χ0n) is 14.8. The van der Waals surface area contributed by atoms with E-state index >= 15 is 0 Å². The Morgan fingerprint density at radius 3 is 3.04 bits per heavy atom. The maximum Gasteiger partial charge on any atom is 0.229 e. The van der Waals surface area contributed by atoms with Gasteiger partial charge in [-0.1, -0.05) is 29.8 Å². The molecule has 27 heavy (non-hydrogen) atoms. The first kappa shape index (κ1) is 18.8. The third-order valence-electron chi connectivity index (χ3n) is 3.65.